The maximum Gasteiger partial charge on any atom is 0.270 e. The van der Waals surface area contributed by atoms with Gasteiger partial charge < -0.3 is 15.0 Å². The Morgan fingerprint density at radius 3 is 2.71 bits per heavy atom. The second-order valence-electron chi connectivity index (χ2n) is 5.67. The molecule has 1 aromatic carbocycles. The largest absolute Gasteiger partial charge is 0.496 e. The molecule has 128 valence electrons. The van der Waals surface area contributed by atoms with E-state index in [0.717, 1.165) is 36.4 Å². The first-order valence-corrected chi connectivity index (χ1v) is 8.23. The maximum atomic E-state index is 12.2. The standard InChI is InChI=1S/C19H25N3O2/c1-4-5-12-22(2)16-10-11-17(20-14-16)19(23)21-13-15-8-6-7-9-18(15)24-3/h6-11,14H,4-5,12-13H2,1-3H3,(H,21,23). The Balaban J connectivity index is 1.95. The molecule has 0 aliphatic heterocycles. The minimum atomic E-state index is -0.191. The van der Waals surface area contributed by atoms with E-state index in [4.69, 9.17) is 4.74 Å². The predicted molar refractivity (Wildman–Crippen MR) is 96.6 cm³/mol. The number of nitrogens with one attached hydrogen (secondary N) is 1. The number of rotatable bonds is 8. The van der Waals surface area contributed by atoms with E-state index >= 15 is 0 Å². The van der Waals surface area contributed by atoms with Crippen molar-refractivity contribution in [2.45, 2.75) is 26.3 Å². The number of carbonyl (C=O) groups excluding carboxylic acids is 1. The highest BCUT2D eigenvalue weighted by atomic mass is 16.5. The zero-order valence-corrected chi connectivity index (χ0v) is 14.6. The van der Waals surface area contributed by atoms with Gasteiger partial charge in [0.25, 0.3) is 5.91 Å². The van der Waals surface area contributed by atoms with E-state index in [2.05, 4.69) is 22.1 Å². The summed E-state index contributed by atoms with van der Waals surface area (Å²) in [5, 5.41) is 2.88. The minimum absolute atomic E-state index is 0.191. The summed E-state index contributed by atoms with van der Waals surface area (Å²) in [6, 6.07) is 11.3. The first kappa shape index (κ1) is 17.8. The number of hydrogen-bond donors (Lipinski definition) is 1. The quantitative estimate of drug-likeness (QED) is 0.808. The van der Waals surface area contributed by atoms with Crippen LogP contribution in [-0.4, -0.2) is 31.6 Å². The molecule has 2 rings (SSSR count). The van der Waals surface area contributed by atoms with Crippen molar-refractivity contribution in [2.24, 2.45) is 0 Å². The van der Waals surface area contributed by atoms with Gasteiger partial charge in [-0.15, -0.1) is 0 Å². The van der Waals surface area contributed by atoms with Gasteiger partial charge in [0.05, 0.1) is 19.0 Å². The van der Waals surface area contributed by atoms with Crippen LogP contribution in [0.4, 0.5) is 5.69 Å². The number of amides is 1. The van der Waals surface area contributed by atoms with Gasteiger partial charge in [-0.3, -0.25) is 4.79 Å². The molecule has 0 spiro atoms. The van der Waals surface area contributed by atoms with Crippen LogP contribution in [0.15, 0.2) is 42.6 Å². The van der Waals surface area contributed by atoms with Gasteiger partial charge in [-0.2, -0.15) is 0 Å². The Hall–Kier alpha value is -2.56. The summed E-state index contributed by atoms with van der Waals surface area (Å²) in [5.41, 5.74) is 2.37. The Kier molecular flexibility index (Phi) is 6.61. The van der Waals surface area contributed by atoms with E-state index in [-0.39, 0.29) is 5.91 Å². The maximum absolute atomic E-state index is 12.2. The molecule has 5 nitrogen and oxygen atoms in total. The summed E-state index contributed by atoms with van der Waals surface area (Å²) in [5.74, 6) is 0.572. The van der Waals surface area contributed by atoms with Gasteiger partial charge in [-0.05, 0) is 24.6 Å². The summed E-state index contributed by atoms with van der Waals surface area (Å²) in [6.07, 6.45) is 4.03. The molecule has 0 bridgehead atoms. The third-order valence-corrected chi connectivity index (χ3v) is 3.90. The van der Waals surface area contributed by atoms with Crippen LogP contribution in [-0.2, 0) is 6.54 Å². The first-order chi connectivity index (χ1) is 11.7. The predicted octanol–water partition coefficient (Wildman–Crippen LogP) is 3.26. The lowest BCUT2D eigenvalue weighted by Crippen LogP contribution is -2.24. The second kappa shape index (κ2) is 8.91. The fourth-order valence-electron chi connectivity index (χ4n) is 2.39. The average Bonchev–Trinajstić information content (AvgIpc) is 2.64. The number of hydrogen-bond acceptors (Lipinski definition) is 4. The molecule has 1 heterocycles. The lowest BCUT2D eigenvalue weighted by Gasteiger charge is -2.18. The molecule has 1 aromatic heterocycles. The van der Waals surface area contributed by atoms with E-state index in [1.807, 2.05) is 37.4 Å². The zero-order valence-electron chi connectivity index (χ0n) is 14.6. The van der Waals surface area contributed by atoms with Crippen LogP contribution in [0.1, 0.15) is 35.8 Å². The van der Waals surface area contributed by atoms with Gasteiger partial charge in [0.2, 0.25) is 0 Å². The highest BCUT2D eigenvalue weighted by Crippen LogP contribution is 2.17. The number of pyridine rings is 1. The van der Waals surface area contributed by atoms with Crippen molar-refractivity contribution < 1.29 is 9.53 Å². The van der Waals surface area contributed by atoms with Crippen LogP contribution in [0.3, 0.4) is 0 Å². The Labute approximate surface area is 143 Å². The Morgan fingerprint density at radius 2 is 2.04 bits per heavy atom. The fraction of sp³-hybridized carbons (Fsp3) is 0.368. The van der Waals surface area contributed by atoms with Crippen molar-refractivity contribution in [3.05, 3.63) is 53.9 Å². The Morgan fingerprint density at radius 1 is 1.25 bits per heavy atom. The fourth-order valence-corrected chi connectivity index (χ4v) is 2.39. The summed E-state index contributed by atoms with van der Waals surface area (Å²) in [4.78, 5) is 18.7. The molecule has 0 radical (unpaired) electrons. The molecule has 5 heteroatoms. The molecule has 0 saturated heterocycles. The van der Waals surface area contributed by atoms with E-state index < -0.39 is 0 Å². The molecular weight excluding hydrogens is 302 g/mol. The number of nitrogens with zero attached hydrogens (tertiary/aromatic N) is 2. The van der Waals surface area contributed by atoms with Crippen LogP contribution in [0, 0.1) is 0 Å². The number of benzene rings is 1. The van der Waals surface area contributed by atoms with Crippen molar-refractivity contribution in [3.8, 4) is 5.75 Å². The lowest BCUT2D eigenvalue weighted by molar-refractivity contribution is 0.0945. The third kappa shape index (κ3) is 4.72. The number of ether oxygens (including phenoxy) is 1. The smallest absolute Gasteiger partial charge is 0.270 e. The average molecular weight is 327 g/mol. The molecule has 0 fully saturated rings. The first-order valence-electron chi connectivity index (χ1n) is 8.23. The van der Waals surface area contributed by atoms with E-state index in [9.17, 15) is 4.79 Å². The number of methoxy groups -OCH3 is 1. The normalized spacial score (nSPS) is 10.3. The van der Waals surface area contributed by atoms with E-state index in [0.29, 0.717) is 12.2 Å². The molecular formula is C19H25N3O2. The third-order valence-electron chi connectivity index (χ3n) is 3.90. The van der Waals surface area contributed by atoms with Crippen LogP contribution >= 0.6 is 0 Å². The number of anilines is 1. The number of unbranched alkanes of at least 4 members (excludes halogenated alkanes) is 1. The highest BCUT2D eigenvalue weighted by molar-refractivity contribution is 5.92. The van der Waals surface area contributed by atoms with E-state index in [1.165, 1.54) is 0 Å². The Bertz CT molecular complexity index is 656. The van der Waals surface area contributed by atoms with Gasteiger partial charge in [0.1, 0.15) is 11.4 Å². The number of carbonyl (C=O) groups is 1. The summed E-state index contributed by atoms with van der Waals surface area (Å²) in [7, 11) is 3.66. The monoisotopic (exact) mass is 327 g/mol. The second-order valence-corrected chi connectivity index (χ2v) is 5.67. The van der Waals surface area contributed by atoms with Gasteiger partial charge in [-0.1, -0.05) is 31.5 Å². The SMILES string of the molecule is CCCCN(C)c1ccc(C(=O)NCc2ccccc2OC)nc1. The van der Waals surface area contributed by atoms with Crippen molar-refractivity contribution in [2.75, 3.05) is 25.6 Å². The molecule has 0 aliphatic carbocycles. The molecule has 0 unspecified atom stereocenters. The summed E-state index contributed by atoms with van der Waals surface area (Å²) >= 11 is 0. The molecule has 1 N–H and O–H groups in total. The number of aromatic nitrogens is 1. The number of para-hydroxylation sites is 1. The van der Waals surface area contributed by atoms with Gasteiger partial charge in [-0.25, -0.2) is 4.98 Å². The van der Waals surface area contributed by atoms with Crippen LogP contribution in [0.5, 0.6) is 5.75 Å². The van der Waals surface area contributed by atoms with Crippen LogP contribution in [0.25, 0.3) is 0 Å². The summed E-state index contributed by atoms with van der Waals surface area (Å²) < 4.78 is 5.29. The highest BCUT2D eigenvalue weighted by Gasteiger charge is 2.09. The van der Waals surface area contributed by atoms with Crippen molar-refractivity contribution in [1.29, 1.82) is 0 Å². The van der Waals surface area contributed by atoms with Gasteiger partial charge >= 0.3 is 0 Å². The van der Waals surface area contributed by atoms with Gasteiger partial charge in [0, 0.05) is 25.7 Å². The zero-order chi connectivity index (χ0) is 17.4. The minimum Gasteiger partial charge on any atom is -0.496 e. The topological polar surface area (TPSA) is 54.5 Å². The van der Waals surface area contributed by atoms with Crippen molar-refractivity contribution in [1.82, 2.24) is 10.3 Å². The lowest BCUT2D eigenvalue weighted by atomic mass is 10.2. The molecule has 2 aromatic rings. The van der Waals surface area contributed by atoms with Crippen LogP contribution < -0.4 is 15.0 Å². The molecule has 24 heavy (non-hydrogen) atoms. The summed E-state index contributed by atoms with van der Waals surface area (Å²) in [6.45, 7) is 3.56. The van der Waals surface area contributed by atoms with Gasteiger partial charge in [0.15, 0.2) is 0 Å². The molecule has 0 aliphatic rings. The van der Waals surface area contributed by atoms with Crippen molar-refractivity contribution >= 4 is 11.6 Å². The molecule has 0 saturated carbocycles. The van der Waals surface area contributed by atoms with Crippen LogP contribution in [0.2, 0.25) is 0 Å². The molecule has 0 atom stereocenters. The molecule has 1 amide bonds. The van der Waals surface area contributed by atoms with Crippen molar-refractivity contribution in [3.63, 3.8) is 0 Å². The van der Waals surface area contributed by atoms with E-state index in [1.54, 1.807) is 19.4 Å².